The van der Waals surface area contributed by atoms with E-state index in [0.717, 1.165) is 87.9 Å². The summed E-state index contributed by atoms with van der Waals surface area (Å²) < 4.78 is 16.5. The van der Waals surface area contributed by atoms with E-state index in [-0.39, 0.29) is 22.4 Å². The fourth-order valence-electron chi connectivity index (χ4n) is 5.25. The first-order valence-electron chi connectivity index (χ1n) is 10.9. The average Bonchev–Trinajstić information content (AvgIpc) is 3.33. The Balaban J connectivity index is 1.78. The van der Waals surface area contributed by atoms with Crippen molar-refractivity contribution >= 4 is 28.5 Å². The Morgan fingerprint density at radius 1 is 1.31 bits per heavy atom. The Bertz CT molecular complexity index is 898. The molecule has 7 heteroatoms. The zero-order valence-corrected chi connectivity index (χ0v) is 17.8. The van der Waals surface area contributed by atoms with Crippen LogP contribution in [0.15, 0.2) is 12.1 Å². The van der Waals surface area contributed by atoms with Crippen LogP contribution in [0.25, 0.3) is 11.0 Å². The standard InChI is InChI=1S/C22H30ClFN4O/c1-2-3-10-28-19-14-17(24)16(23)13-18(19)26-21(28)22(8-4-5-9-22)27-11-6-15(7-12-27)20(25)29/h13-15H,2-12H2,1H3,(H2,25,29). The minimum atomic E-state index is -0.397. The summed E-state index contributed by atoms with van der Waals surface area (Å²) in [6.45, 7) is 4.68. The van der Waals surface area contributed by atoms with Crippen LogP contribution in [0.1, 0.15) is 64.1 Å². The molecule has 0 bridgehead atoms. The van der Waals surface area contributed by atoms with Gasteiger partial charge in [-0.15, -0.1) is 0 Å². The molecule has 2 fully saturated rings. The molecule has 1 aliphatic carbocycles. The van der Waals surface area contributed by atoms with Crippen molar-refractivity contribution in [1.29, 1.82) is 0 Å². The third-order valence-electron chi connectivity index (χ3n) is 6.88. The summed E-state index contributed by atoms with van der Waals surface area (Å²) in [5.41, 5.74) is 6.98. The van der Waals surface area contributed by atoms with Crippen LogP contribution in [0.5, 0.6) is 0 Å². The van der Waals surface area contributed by atoms with Crippen LogP contribution < -0.4 is 5.73 Å². The van der Waals surface area contributed by atoms with Crippen molar-refractivity contribution in [2.75, 3.05) is 13.1 Å². The molecule has 158 valence electrons. The molecule has 4 rings (SSSR count). The van der Waals surface area contributed by atoms with Crippen molar-refractivity contribution in [3.8, 4) is 0 Å². The van der Waals surface area contributed by atoms with Gasteiger partial charge in [-0.25, -0.2) is 9.37 Å². The SMILES string of the molecule is CCCCn1c(C2(N3CCC(C(N)=O)CC3)CCCC2)nc2cc(Cl)c(F)cc21. The molecular weight excluding hydrogens is 391 g/mol. The molecule has 2 heterocycles. The van der Waals surface area contributed by atoms with E-state index in [1.54, 1.807) is 6.07 Å². The molecule has 5 nitrogen and oxygen atoms in total. The van der Waals surface area contributed by atoms with Gasteiger partial charge in [0.15, 0.2) is 0 Å². The average molecular weight is 421 g/mol. The summed E-state index contributed by atoms with van der Waals surface area (Å²) in [5.74, 6) is 0.422. The van der Waals surface area contributed by atoms with Gasteiger partial charge in [-0.1, -0.05) is 37.8 Å². The summed E-state index contributed by atoms with van der Waals surface area (Å²) in [6, 6.07) is 3.19. The minimum absolute atomic E-state index is 0.0310. The Morgan fingerprint density at radius 2 is 2.00 bits per heavy atom. The smallest absolute Gasteiger partial charge is 0.220 e. The van der Waals surface area contributed by atoms with Crippen LogP contribution >= 0.6 is 11.6 Å². The van der Waals surface area contributed by atoms with Crippen LogP contribution in [-0.4, -0.2) is 33.4 Å². The number of carbonyl (C=O) groups excluding carboxylic acids is 1. The number of nitrogens with zero attached hydrogens (tertiary/aromatic N) is 3. The van der Waals surface area contributed by atoms with Crippen LogP contribution in [0.3, 0.4) is 0 Å². The summed E-state index contributed by atoms with van der Waals surface area (Å²) >= 11 is 6.06. The molecule has 0 radical (unpaired) electrons. The van der Waals surface area contributed by atoms with Crippen molar-refractivity contribution in [2.24, 2.45) is 11.7 Å². The molecule has 1 aromatic heterocycles. The van der Waals surface area contributed by atoms with Gasteiger partial charge in [0.25, 0.3) is 0 Å². The van der Waals surface area contributed by atoms with Crippen molar-refractivity contribution in [3.63, 3.8) is 0 Å². The number of halogens is 2. The molecule has 2 aliphatic rings. The lowest BCUT2D eigenvalue weighted by atomic mass is 9.87. The number of primary amides is 1. The highest BCUT2D eigenvalue weighted by atomic mass is 35.5. The molecule has 0 spiro atoms. The number of benzene rings is 1. The number of aryl methyl sites for hydroxylation is 1. The molecule has 1 aromatic carbocycles. The van der Waals surface area contributed by atoms with Gasteiger partial charge >= 0.3 is 0 Å². The molecule has 1 amide bonds. The minimum Gasteiger partial charge on any atom is -0.369 e. The molecule has 29 heavy (non-hydrogen) atoms. The highest BCUT2D eigenvalue weighted by molar-refractivity contribution is 6.31. The fourth-order valence-corrected chi connectivity index (χ4v) is 5.41. The lowest BCUT2D eigenvalue weighted by molar-refractivity contribution is -0.123. The molecule has 0 unspecified atom stereocenters. The second-order valence-corrected chi connectivity index (χ2v) is 9.01. The maximum absolute atomic E-state index is 14.3. The zero-order chi connectivity index (χ0) is 20.6. The number of rotatable bonds is 6. The summed E-state index contributed by atoms with van der Waals surface area (Å²) in [6.07, 6.45) is 8.07. The van der Waals surface area contributed by atoms with E-state index < -0.39 is 5.82 Å². The van der Waals surface area contributed by atoms with Gasteiger partial charge in [0, 0.05) is 18.5 Å². The van der Waals surface area contributed by atoms with E-state index in [0.29, 0.717) is 0 Å². The lowest BCUT2D eigenvalue weighted by Gasteiger charge is -2.44. The van der Waals surface area contributed by atoms with Crippen LogP contribution in [0.2, 0.25) is 5.02 Å². The third-order valence-corrected chi connectivity index (χ3v) is 7.16. The van der Waals surface area contributed by atoms with Crippen LogP contribution in [0.4, 0.5) is 4.39 Å². The van der Waals surface area contributed by atoms with E-state index >= 15 is 0 Å². The normalized spacial score (nSPS) is 20.5. The Morgan fingerprint density at radius 3 is 2.62 bits per heavy atom. The number of likely N-dealkylation sites (tertiary alicyclic amines) is 1. The number of hydrogen-bond donors (Lipinski definition) is 1. The lowest BCUT2D eigenvalue weighted by Crippen LogP contribution is -2.51. The molecule has 1 saturated carbocycles. The van der Waals surface area contributed by atoms with E-state index in [1.165, 1.54) is 6.07 Å². The maximum Gasteiger partial charge on any atom is 0.220 e. The number of aromatic nitrogens is 2. The molecule has 2 N–H and O–H groups in total. The number of unbranched alkanes of at least 4 members (excludes halogenated alkanes) is 1. The molecule has 2 aromatic rings. The van der Waals surface area contributed by atoms with Gasteiger partial charge in [0.2, 0.25) is 5.91 Å². The predicted molar refractivity (Wildman–Crippen MR) is 113 cm³/mol. The van der Waals surface area contributed by atoms with Crippen molar-refractivity contribution in [2.45, 2.75) is 70.4 Å². The van der Waals surface area contributed by atoms with Crippen molar-refractivity contribution in [3.05, 3.63) is 28.8 Å². The number of piperidine rings is 1. The summed E-state index contributed by atoms with van der Waals surface area (Å²) in [7, 11) is 0. The first-order valence-corrected chi connectivity index (χ1v) is 11.2. The van der Waals surface area contributed by atoms with E-state index in [9.17, 15) is 9.18 Å². The van der Waals surface area contributed by atoms with Gasteiger partial charge in [-0.05, 0) is 51.3 Å². The van der Waals surface area contributed by atoms with Crippen molar-refractivity contribution < 1.29 is 9.18 Å². The molecular formula is C22H30ClFN4O. The Kier molecular flexibility index (Phi) is 5.85. The first kappa shape index (κ1) is 20.6. The number of imidazole rings is 1. The Hall–Kier alpha value is -1.66. The topological polar surface area (TPSA) is 64.2 Å². The number of fused-ring (bicyclic) bond motifs is 1. The highest BCUT2D eigenvalue weighted by Gasteiger charge is 2.46. The second-order valence-electron chi connectivity index (χ2n) is 8.60. The van der Waals surface area contributed by atoms with E-state index in [2.05, 4.69) is 16.4 Å². The maximum atomic E-state index is 14.3. The monoisotopic (exact) mass is 420 g/mol. The second kappa shape index (κ2) is 8.23. The first-order chi connectivity index (χ1) is 14.0. The van der Waals surface area contributed by atoms with Gasteiger partial charge < -0.3 is 10.3 Å². The van der Waals surface area contributed by atoms with E-state index in [4.69, 9.17) is 22.3 Å². The molecule has 1 saturated heterocycles. The number of amides is 1. The largest absolute Gasteiger partial charge is 0.369 e. The Labute approximate surface area is 176 Å². The zero-order valence-electron chi connectivity index (χ0n) is 17.1. The van der Waals surface area contributed by atoms with Crippen molar-refractivity contribution in [1.82, 2.24) is 14.5 Å². The molecule has 0 atom stereocenters. The summed E-state index contributed by atoms with van der Waals surface area (Å²) in [4.78, 5) is 19.2. The number of carbonyl (C=O) groups is 1. The van der Waals surface area contributed by atoms with Gasteiger partial charge in [-0.2, -0.15) is 0 Å². The molecule has 1 aliphatic heterocycles. The van der Waals surface area contributed by atoms with Crippen LogP contribution in [-0.2, 0) is 16.9 Å². The van der Waals surface area contributed by atoms with Gasteiger partial charge in [-0.3, -0.25) is 9.69 Å². The third kappa shape index (κ3) is 3.66. The quantitative estimate of drug-likeness (QED) is 0.742. The van der Waals surface area contributed by atoms with Gasteiger partial charge in [0.1, 0.15) is 11.6 Å². The number of nitrogens with two attached hydrogens (primary N) is 1. The number of hydrogen-bond acceptors (Lipinski definition) is 3. The highest BCUT2D eigenvalue weighted by Crippen LogP contribution is 2.46. The van der Waals surface area contributed by atoms with Crippen LogP contribution in [0, 0.1) is 11.7 Å². The van der Waals surface area contributed by atoms with E-state index in [1.807, 2.05) is 0 Å². The summed E-state index contributed by atoms with van der Waals surface area (Å²) in [5, 5.41) is 0.118. The fraction of sp³-hybridized carbons (Fsp3) is 0.636. The van der Waals surface area contributed by atoms with Gasteiger partial charge in [0.05, 0.1) is 21.6 Å². The predicted octanol–water partition coefficient (Wildman–Crippen LogP) is 4.60.